The quantitative estimate of drug-likeness (QED) is 0.0835. The van der Waals surface area contributed by atoms with Gasteiger partial charge in [-0.2, -0.15) is 19.6 Å². The van der Waals surface area contributed by atoms with Crippen LogP contribution in [0.4, 0.5) is 0 Å². The molecule has 50 heavy (non-hydrogen) atoms. The van der Waals surface area contributed by atoms with Gasteiger partial charge < -0.3 is 0 Å². The van der Waals surface area contributed by atoms with Gasteiger partial charge in [0.15, 0.2) is 5.78 Å². The number of hydrogen-bond acceptors (Lipinski definition) is 13. The van der Waals surface area contributed by atoms with Gasteiger partial charge in [0.25, 0.3) is 0 Å². The molecule has 276 valence electrons. The van der Waals surface area contributed by atoms with Crippen LogP contribution in [0.2, 0.25) is 0 Å². The van der Waals surface area contributed by atoms with E-state index in [1.54, 1.807) is 69.2 Å². The zero-order chi connectivity index (χ0) is 38.1. The van der Waals surface area contributed by atoms with Crippen LogP contribution in [0.1, 0.15) is 166 Å². The third-order valence-electron chi connectivity index (χ3n) is 8.24. The van der Waals surface area contributed by atoms with Crippen molar-refractivity contribution in [1.29, 1.82) is 0 Å². The van der Waals surface area contributed by atoms with E-state index < -0.39 is 85.4 Å². The van der Waals surface area contributed by atoms with E-state index in [2.05, 4.69) is 0 Å². The molecule has 0 aliphatic heterocycles. The maximum atomic E-state index is 14.4. The van der Waals surface area contributed by atoms with Crippen LogP contribution in [0.15, 0.2) is 36.4 Å². The van der Waals surface area contributed by atoms with Gasteiger partial charge in [0, 0.05) is 11.1 Å². The van der Waals surface area contributed by atoms with Crippen molar-refractivity contribution in [3.8, 4) is 0 Å². The van der Waals surface area contributed by atoms with Crippen LogP contribution in [0.25, 0.3) is 0 Å². The predicted molar refractivity (Wildman–Crippen MR) is 180 cm³/mol. The first-order valence-corrected chi connectivity index (χ1v) is 16.6. The van der Waals surface area contributed by atoms with Gasteiger partial charge in [-0.1, -0.05) is 52.0 Å². The van der Waals surface area contributed by atoms with Crippen molar-refractivity contribution in [2.75, 3.05) is 0 Å². The maximum Gasteiger partial charge on any atom is 0.374 e. The highest BCUT2D eigenvalue weighted by atomic mass is 17.2. The molecule has 0 aromatic heterocycles. The van der Waals surface area contributed by atoms with Crippen LogP contribution in [0.3, 0.4) is 0 Å². The Morgan fingerprint density at radius 2 is 0.660 bits per heavy atom. The van der Waals surface area contributed by atoms with Crippen molar-refractivity contribution in [2.45, 2.75) is 131 Å². The van der Waals surface area contributed by atoms with E-state index in [9.17, 15) is 24.0 Å². The predicted octanol–water partition coefficient (Wildman–Crippen LogP) is 8.03. The number of rotatable bonds is 18. The first kappa shape index (κ1) is 42.0. The van der Waals surface area contributed by atoms with Gasteiger partial charge >= 0.3 is 23.9 Å². The first-order valence-electron chi connectivity index (χ1n) is 16.6. The van der Waals surface area contributed by atoms with E-state index >= 15 is 0 Å². The fourth-order valence-corrected chi connectivity index (χ4v) is 3.42. The molecule has 0 bridgehead atoms. The average molecular weight is 703 g/mol. The highest BCUT2D eigenvalue weighted by Gasteiger charge is 2.35. The van der Waals surface area contributed by atoms with E-state index in [1.165, 1.54) is 36.4 Å². The molecule has 0 spiro atoms. The Morgan fingerprint density at radius 1 is 0.420 bits per heavy atom. The lowest BCUT2D eigenvalue weighted by Gasteiger charge is -2.23. The highest BCUT2D eigenvalue weighted by Crippen LogP contribution is 2.28. The minimum atomic E-state index is -1.21. The van der Waals surface area contributed by atoms with Crippen molar-refractivity contribution in [2.24, 2.45) is 0 Å². The fourth-order valence-electron chi connectivity index (χ4n) is 3.42. The summed E-state index contributed by atoms with van der Waals surface area (Å²) < 4.78 is 0. The number of carbonyl (C=O) groups is 5. The third kappa shape index (κ3) is 11.4. The molecule has 0 atom stereocenters. The molecule has 2 aromatic rings. The molecule has 0 aliphatic rings. The Hall–Kier alpha value is -4.17. The molecule has 0 fully saturated rings. The molecule has 0 unspecified atom stereocenters. The van der Waals surface area contributed by atoms with Crippen LogP contribution in [0.5, 0.6) is 0 Å². The monoisotopic (exact) mass is 702 g/mol. The Balaban J connectivity index is 2.80. The summed E-state index contributed by atoms with van der Waals surface area (Å²) in [7, 11) is 0. The van der Waals surface area contributed by atoms with Gasteiger partial charge in [-0.05, 0) is 93.2 Å². The van der Waals surface area contributed by atoms with Gasteiger partial charge in [-0.25, -0.2) is 19.2 Å². The third-order valence-corrected chi connectivity index (χ3v) is 8.24. The topological polar surface area (TPSA) is 159 Å². The van der Waals surface area contributed by atoms with E-state index in [0.717, 1.165) is 0 Å². The fraction of sp³-hybridized carbons (Fsp3) is 0.541. The standard InChI is InChI=1S/C37H50O13/c1-13-34(5,6)47-43-30(39)25-21-17-19-23(27(25)32(41)45-49-36(9,10)15-3)29(38)24-20-18-22-26(31(40)44-48-35(7,8)14-2)28(24)33(42)46-50-37(11,12)16-4/h17-22H,13-16H2,1-12H3. The van der Waals surface area contributed by atoms with Gasteiger partial charge in [0.1, 0.15) is 22.4 Å². The lowest BCUT2D eigenvalue weighted by molar-refractivity contribution is -0.308. The summed E-state index contributed by atoms with van der Waals surface area (Å²) in [4.78, 5) is 110. The minimum Gasteiger partial charge on any atom is -0.292 e. The summed E-state index contributed by atoms with van der Waals surface area (Å²) in [6.45, 7) is 20.7. The molecule has 0 amide bonds. The summed E-state index contributed by atoms with van der Waals surface area (Å²) in [6.07, 6.45) is 1.84. The first-order chi connectivity index (χ1) is 23.1. The molecule has 0 radical (unpaired) electrons. The summed E-state index contributed by atoms with van der Waals surface area (Å²) in [5.74, 6) is -5.60. The summed E-state index contributed by atoms with van der Waals surface area (Å²) in [6, 6.07) is 7.60. The van der Waals surface area contributed by atoms with Gasteiger partial charge in [-0.15, -0.1) is 0 Å². The second-order valence-electron chi connectivity index (χ2n) is 14.1. The number of hydrogen-bond donors (Lipinski definition) is 0. The Morgan fingerprint density at radius 3 is 0.920 bits per heavy atom. The van der Waals surface area contributed by atoms with Crippen molar-refractivity contribution in [3.63, 3.8) is 0 Å². The lowest BCUT2D eigenvalue weighted by atomic mass is 9.90. The second-order valence-corrected chi connectivity index (χ2v) is 14.1. The molecular formula is C37H50O13. The van der Waals surface area contributed by atoms with E-state index in [0.29, 0.717) is 25.7 Å². The molecule has 13 heteroatoms. The van der Waals surface area contributed by atoms with Gasteiger partial charge in [0.2, 0.25) is 0 Å². The van der Waals surface area contributed by atoms with Crippen LogP contribution in [-0.2, 0) is 39.1 Å². The van der Waals surface area contributed by atoms with Gasteiger partial charge in [-0.3, -0.25) is 24.3 Å². The number of benzene rings is 2. The zero-order valence-corrected chi connectivity index (χ0v) is 31.1. The lowest BCUT2D eigenvalue weighted by Crippen LogP contribution is -2.29. The summed E-state index contributed by atoms with van der Waals surface area (Å²) in [5, 5.41) is 0. The van der Waals surface area contributed by atoms with Crippen molar-refractivity contribution in [1.82, 2.24) is 0 Å². The largest absolute Gasteiger partial charge is 0.374 e. The molecule has 0 heterocycles. The number of ketones is 1. The average Bonchev–Trinajstić information content (AvgIpc) is 3.09. The molecule has 0 saturated carbocycles. The maximum absolute atomic E-state index is 14.4. The van der Waals surface area contributed by atoms with E-state index in [-0.39, 0.29) is 0 Å². The van der Waals surface area contributed by atoms with Gasteiger partial charge in [0.05, 0.1) is 22.3 Å². The molecule has 2 rings (SSSR count). The molecule has 0 saturated heterocycles. The molecule has 0 N–H and O–H groups in total. The molecule has 13 nitrogen and oxygen atoms in total. The Kier molecular flexibility index (Phi) is 14.4. The van der Waals surface area contributed by atoms with E-state index in [1.807, 2.05) is 13.8 Å². The normalized spacial score (nSPS) is 12.2. The van der Waals surface area contributed by atoms with E-state index in [4.69, 9.17) is 39.1 Å². The van der Waals surface area contributed by atoms with Crippen LogP contribution in [0, 0.1) is 0 Å². The molecular weight excluding hydrogens is 652 g/mol. The summed E-state index contributed by atoms with van der Waals surface area (Å²) >= 11 is 0. The number of carbonyl (C=O) groups excluding carboxylic acids is 5. The minimum absolute atomic E-state index is 0.394. The second kappa shape index (κ2) is 17.2. The van der Waals surface area contributed by atoms with Crippen LogP contribution < -0.4 is 0 Å². The highest BCUT2D eigenvalue weighted by molar-refractivity contribution is 6.21. The Labute approximate surface area is 293 Å². The molecule has 2 aromatic carbocycles. The van der Waals surface area contributed by atoms with Crippen LogP contribution >= 0.6 is 0 Å². The van der Waals surface area contributed by atoms with Crippen molar-refractivity contribution < 1.29 is 63.1 Å². The Bertz CT molecular complexity index is 1440. The van der Waals surface area contributed by atoms with Crippen molar-refractivity contribution >= 4 is 29.7 Å². The SMILES string of the molecule is CCC(C)(C)OOC(=O)c1cccc(C(=O)c2cccc(C(=O)OOC(C)(C)CC)c2C(=O)OOC(C)(C)CC)c1C(=O)OOC(C)(C)CC. The van der Waals surface area contributed by atoms with Crippen molar-refractivity contribution in [3.05, 3.63) is 69.8 Å². The van der Waals surface area contributed by atoms with Crippen LogP contribution in [-0.4, -0.2) is 52.1 Å². The molecule has 0 aliphatic carbocycles. The summed E-state index contributed by atoms with van der Waals surface area (Å²) in [5.41, 5.74) is -6.25. The zero-order valence-electron chi connectivity index (χ0n) is 31.1. The smallest absolute Gasteiger partial charge is 0.292 e.